The van der Waals surface area contributed by atoms with Crippen LogP contribution in [0.4, 0.5) is 14.5 Å². The van der Waals surface area contributed by atoms with Crippen LogP contribution in [0, 0.1) is 17.8 Å². The van der Waals surface area contributed by atoms with Gasteiger partial charge in [-0.25, -0.2) is 18.3 Å². The van der Waals surface area contributed by atoms with Crippen LogP contribution >= 0.6 is 0 Å². The van der Waals surface area contributed by atoms with Crippen molar-refractivity contribution in [3.63, 3.8) is 0 Å². The molecular formula is C27H36F2N6O. The molecule has 9 heteroatoms. The van der Waals surface area contributed by atoms with Crippen molar-refractivity contribution >= 4 is 17.2 Å². The van der Waals surface area contributed by atoms with Crippen LogP contribution in [0.15, 0.2) is 24.7 Å². The summed E-state index contributed by atoms with van der Waals surface area (Å²) in [4.78, 5) is 18.0. The van der Waals surface area contributed by atoms with E-state index in [4.69, 9.17) is 4.98 Å². The number of fused-ring (bicyclic) bond motifs is 1. The number of alkyl halides is 2. The molecule has 2 aliphatic carbocycles. The highest BCUT2D eigenvalue weighted by molar-refractivity contribution is 6.08. The molecule has 2 fully saturated rings. The minimum Gasteiger partial charge on any atom is -0.319 e. The van der Waals surface area contributed by atoms with Gasteiger partial charge in [-0.1, -0.05) is 33.6 Å². The number of carbonyl (C=O) groups is 1. The Kier molecular flexibility index (Phi) is 7.08. The summed E-state index contributed by atoms with van der Waals surface area (Å²) in [5.74, 6) is 1.88. The van der Waals surface area contributed by atoms with Crippen LogP contribution < -0.4 is 5.32 Å². The predicted molar refractivity (Wildman–Crippen MR) is 134 cm³/mol. The highest BCUT2D eigenvalue weighted by Crippen LogP contribution is 2.38. The zero-order chi connectivity index (χ0) is 25.4. The molecule has 36 heavy (non-hydrogen) atoms. The van der Waals surface area contributed by atoms with Crippen molar-refractivity contribution in [3.8, 4) is 0 Å². The molecule has 194 valence electrons. The Balaban J connectivity index is 1.35. The fourth-order valence-corrected chi connectivity index (χ4v) is 5.90. The van der Waals surface area contributed by atoms with Crippen molar-refractivity contribution in [3.05, 3.63) is 41.6 Å². The van der Waals surface area contributed by atoms with E-state index in [1.54, 1.807) is 15.4 Å². The highest BCUT2D eigenvalue weighted by atomic mass is 19.3. The van der Waals surface area contributed by atoms with Crippen molar-refractivity contribution in [1.29, 1.82) is 0 Å². The third-order valence-electron chi connectivity index (χ3n) is 8.34. The molecule has 0 atom stereocenters. The van der Waals surface area contributed by atoms with E-state index < -0.39 is 18.0 Å². The molecule has 3 aromatic rings. The largest absolute Gasteiger partial charge is 0.319 e. The van der Waals surface area contributed by atoms with Gasteiger partial charge in [-0.15, -0.1) is 0 Å². The maximum absolute atomic E-state index is 13.9. The number of nitrogens with zero attached hydrogens (tertiary/aromatic N) is 5. The van der Waals surface area contributed by atoms with Crippen LogP contribution in [0.25, 0.3) is 5.65 Å². The van der Waals surface area contributed by atoms with Crippen LogP contribution in [0.3, 0.4) is 0 Å². The highest BCUT2D eigenvalue weighted by Gasteiger charge is 2.28. The topological polar surface area (TPSA) is 77.1 Å². The summed E-state index contributed by atoms with van der Waals surface area (Å²) in [7, 11) is 0. The van der Waals surface area contributed by atoms with E-state index in [0.29, 0.717) is 23.4 Å². The first-order chi connectivity index (χ1) is 17.3. The summed E-state index contributed by atoms with van der Waals surface area (Å²) in [6.45, 7) is 6.74. The lowest BCUT2D eigenvalue weighted by Crippen LogP contribution is -2.21. The van der Waals surface area contributed by atoms with Crippen LogP contribution in [0.1, 0.15) is 112 Å². The minimum atomic E-state index is -2.78. The van der Waals surface area contributed by atoms with Gasteiger partial charge in [0.05, 0.1) is 17.9 Å². The second-order valence-corrected chi connectivity index (χ2v) is 11.1. The van der Waals surface area contributed by atoms with Gasteiger partial charge in [0.2, 0.25) is 0 Å². The smallest absolute Gasteiger partial charge is 0.284 e. The Labute approximate surface area is 210 Å². The fourth-order valence-electron chi connectivity index (χ4n) is 5.90. The number of carbonyl (C=O) groups excluding carboxylic acids is 1. The molecule has 5 rings (SSSR count). The zero-order valence-corrected chi connectivity index (χ0v) is 21.3. The molecule has 1 N–H and O–H groups in total. The molecule has 2 saturated carbocycles. The fraction of sp³-hybridized carbons (Fsp3) is 0.630. The summed E-state index contributed by atoms with van der Waals surface area (Å²) in [5, 5.41) is 11.1. The maximum Gasteiger partial charge on any atom is 0.284 e. The Morgan fingerprint density at radius 3 is 2.47 bits per heavy atom. The van der Waals surface area contributed by atoms with Gasteiger partial charge in [-0.3, -0.25) is 9.48 Å². The summed E-state index contributed by atoms with van der Waals surface area (Å²) in [6.07, 6.45) is 10.5. The molecule has 1 amide bonds. The van der Waals surface area contributed by atoms with Crippen LogP contribution in [-0.2, 0) is 0 Å². The van der Waals surface area contributed by atoms with E-state index in [-0.39, 0.29) is 17.3 Å². The molecule has 0 radical (unpaired) electrons. The lowest BCUT2D eigenvalue weighted by molar-refractivity contribution is 0.102. The van der Waals surface area contributed by atoms with Gasteiger partial charge in [0, 0.05) is 24.0 Å². The molecule has 7 nitrogen and oxygen atoms in total. The van der Waals surface area contributed by atoms with Gasteiger partial charge in [0.1, 0.15) is 5.56 Å². The Morgan fingerprint density at radius 1 is 1.08 bits per heavy atom. The molecule has 2 aliphatic rings. The number of halogens is 2. The van der Waals surface area contributed by atoms with E-state index in [1.165, 1.54) is 19.0 Å². The Hall–Kier alpha value is -2.84. The van der Waals surface area contributed by atoms with Crippen LogP contribution in [0.5, 0.6) is 0 Å². The van der Waals surface area contributed by atoms with Crippen molar-refractivity contribution in [2.24, 2.45) is 17.8 Å². The molecule has 0 saturated heterocycles. The third-order valence-corrected chi connectivity index (χ3v) is 8.34. The molecule has 0 aromatic carbocycles. The molecule has 3 aromatic heterocycles. The van der Waals surface area contributed by atoms with Gasteiger partial charge in [-0.05, 0) is 62.3 Å². The zero-order valence-electron chi connectivity index (χ0n) is 21.3. The molecule has 3 heterocycles. The van der Waals surface area contributed by atoms with Crippen LogP contribution in [-0.4, -0.2) is 30.3 Å². The molecular weight excluding hydrogens is 462 g/mol. The van der Waals surface area contributed by atoms with Crippen LogP contribution in [0.2, 0.25) is 0 Å². The lowest BCUT2D eigenvalue weighted by atomic mass is 9.80. The minimum absolute atomic E-state index is 0.0535. The van der Waals surface area contributed by atoms with Gasteiger partial charge in [0.15, 0.2) is 11.3 Å². The summed E-state index contributed by atoms with van der Waals surface area (Å²) < 4.78 is 30.9. The first-order valence-electron chi connectivity index (χ1n) is 13.3. The number of amides is 1. The monoisotopic (exact) mass is 498 g/mol. The van der Waals surface area contributed by atoms with E-state index >= 15 is 0 Å². The Morgan fingerprint density at radius 2 is 1.81 bits per heavy atom. The van der Waals surface area contributed by atoms with Gasteiger partial charge in [0.25, 0.3) is 12.3 Å². The number of nitrogens with one attached hydrogen (secondary N) is 1. The van der Waals surface area contributed by atoms with Crippen molar-refractivity contribution in [2.75, 3.05) is 5.32 Å². The second-order valence-electron chi connectivity index (χ2n) is 11.1. The number of anilines is 1. The third kappa shape index (κ3) is 5.02. The van der Waals surface area contributed by atoms with Crippen molar-refractivity contribution in [1.82, 2.24) is 24.4 Å². The first kappa shape index (κ1) is 24.8. The maximum atomic E-state index is 13.9. The van der Waals surface area contributed by atoms with E-state index in [1.807, 2.05) is 12.3 Å². The van der Waals surface area contributed by atoms with Gasteiger partial charge < -0.3 is 5.32 Å². The van der Waals surface area contributed by atoms with Crippen molar-refractivity contribution < 1.29 is 13.6 Å². The molecule has 0 aliphatic heterocycles. The second kappa shape index (κ2) is 10.3. The normalized spacial score (nSPS) is 25.1. The number of hydrogen-bond acceptors (Lipinski definition) is 4. The molecule has 0 spiro atoms. The number of hydrogen-bond donors (Lipinski definition) is 1. The average Bonchev–Trinajstić information content (AvgIpc) is 3.49. The van der Waals surface area contributed by atoms with Gasteiger partial charge in [-0.2, -0.15) is 10.2 Å². The molecule has 0 bridgehead atoms. The summed E-state index contributed by atoms with van der Waals surface area (Å²) in [5.41, 5.74) is 1.34. The molecule has 0 unspecified atom stereocenters. The van der Waals surface area contributed by atoms with E-state index in [9.17, 15) is 13.6 Å². The average molecular weight is 499 g/mol. The number of rotatable bonds is 6. The predicted octanol–water partition coefficient (Wildman–Crippen LogP) is 6.80. The van der Waals surface area contributed by atoms with Gasteiger partial charge >= 0.3 is 0 Å². The SMILES string of the molecule is CC1CCC(c2ccn3ncc(C(=O)Nc4cn(C5CCC(C(C)C)CC5)nc4C(F)F)c3n2)CC1. The quantitative estimate of drug-likeness (QED) is 0.406. The lowest BCUT2D eigenvalue weighted by Gasteiger charge is -2.30. The summed E-state index contributed by atoms with van der Waals surface area (Å²) >= 11 is 0. The number of aromatic nitrogens is 5. The summed E-state index contributed by atoms with van der Waals surface area (Å²) in [6, 6.07) is 2.04. The standard InChI is InChI=1S/C27H36F2N6O/c1-16(2)18-8-10-20(11-9-18)35-15-23(24(33-35)25(28)29)32-27(36)21-14-30-34-13-12-22(31-26(21)34)19-6-4-17(3)5-7-19/h12-20,25H,4-11H2,1-3H3,(H,32,36). The van der Waals surface area contributed by atoms with Crippen molar-refractivity contribution in [2.45, 2.75) is 90.5 Å². The van der Waals surface area contributed by atoms with E-state index in [2.05, 4.69) is 36.3 Å². The Bertz CT molecular complexity index is 1200. The van der Waals surface area contributed by atoms with E-state index in [0.717, 1.165) is 50.1 Å². The first-order valence-corrected chi connectivity index (χ1v) is 13.3.